The molecule has 0 aliphatic carbocycles. The molecule has 1 aliphatic rings. The van der Waals surface area contributed by atoms with Crippen LogP contribution in [0.15, 0.2) is 52.7 Å². The maximum atomic E-state index is 12.6. The standard InChI is InChI=1S/C17H19ClN2O2S2/c18-16-8-9-17(23-16)24(21,22)20-13-11-19(12-14-20)10-4-7-15-5-2-1-3-6-15/h1-9H,10-14H2/p+1/b7-4+. The summed E-state index contributed by atoms with van der Waals surface area (Å²) in [4.78, 5) is 1.40. The Bertz CT molecular complexity index is 795. The molecule has 0 spiro atoms. The van der Waals surface area contributed by atoms with E-state index < -0.39 is 10.0 Å². The van der Waals surface area contributed by atoms with Gasteiger partial charge in [-0.1, -0.05) is 48.0 Å². The molecule has 0 radical (unpaired) electrons. The van der Waals surface area contributed by atoms with E-state index in [1.54, 1.807) is 16.4 Å². The first-order valence-corrected chi connectivity index (χ1v) is 10.5. The normalized spacial score (nSPS) is 17.5. The lowest BCUT2D eigenvalue weighted by Crippen LogP contribution is -3.14. The van der Waals surface area contributed by atoms with Crippen molar-refractivity contribution in [1.29, 1.82) is 0 Å². The summed E-state index contributed by atoms with van der Waals surface area (Å²) in [5.74, 6) is 0. The molecule has 0 amide bonds. The minimum atomic E-state index is -3.39. The fourth-order valence-corrected chi connectivity index (χ4v) is 5.81. The first-order chi connectivity index (χ1) is 11.6. The zero-order chi connectivity index (χ0) is 17.0. The molecule has 7 heteroatoms. The predicted molar refractivity (Wildman–Crippen MR) is 99.1 cm³/mol. The highest BCUT2D eigenvalue weighted by atomic mass is 35.5. The van der Waals surface area contributed by atoms with Gasteiger partial charge in [-0.3, -0.25) is 0 Å². The monoisotopic (exact) mass is 383 g/mol. The Morgan fingerprint density at radius 3 is 2.46 bits per heavy atom. The van der Waals surface area contributed by atoms with Crippen molar-refractivity contribution < 1.29 is 13.3 Å². The number of thiophene rings is 1. The number of nitrogens with zero attached hydrogens (tertiary/aromatic N) is 1. The van der Waals surface area contributed by atoms with Gasteiger partial charge in [0.25, 0.3) is 10.0 Å². The van der Waals surface area contributed by atoms with Crippen molar-refractivity contribution in [3.8, 4) is 0 Å². The number of nitrogens with one attached hydrogen (secondary N) is 1. The highest BCUT2D eigenvalue weighted by Crippen LogP contribution is 2.27. The minimum absolute atomic E-state index is 0.333. The first kappa shape index (κ1) is 17.6. The Balaban J connectivity index is 1.53. The molecule has 4 nitrogen and oxygen atoms in total. The lowest BCUT2D eigenvalue weighted by Gasteiger charge is -2.30. The fraction of sp³-hybridized carbons (Fsp3) is 0.294. The van der Waals surface area contributed by atoms with E-state index in [-0.39, 0.29) is 0 Å². The lowest BCUT2D eigenvalue weighted by molar-refractivity contribution is -0.897. The molecule has 2 aromatic rings. The van der Waals surface area contributed by atoms with Gasteiger partial charge in [-0.05, 0) is 23.8 Å². The first-order valence-electron chi connectivity index (χ1n) is 7.86. The number of rotatable bonds is 5. The van der Waals surface area contributed by atoms with Crippen molar-refractivity contribution in [2.24, 2.45) is 0 Å². The van der Waals surface area contributed by atoms with Crippen LogP contribution in [0.4, 0.5) is 0 Å². The summed E-state index contributed by atoms with van der Waals surface area (Å²) in [6.45, 7) is 3.64. The summed E-state index contributed by atoms with van der Waals surface area (Å²) in [5.41, 5.74) is 1.19. The molecule has 0 unspecified atom stereocenters. The van der Waals surface area contributed by atoms with Crippen LogP contribution in [0.1, 0.15) is 5.56 Å². The minimum Gasteiger partial charge on any atom is -0.329 e. The SMILES string of the molecule is O=S(=O)(c1ccc(Cl)s1)N1CC[NH+](C/C=C/c2ccccc2)CC1. The number of piperazine rings is 1. The molecule has 1 N–H and O–H groups in total. The summed E-state index contributed by atoms with van der Waals surface area (Å²) in [5, 5.41) is 0. The number of sulfonamides is 1. The highest BCUT2D eigenvalue weighted by molar-refractivity contribution is 7.91. The quantitative estimate of drug-likeness (QED) is 0.858. The number of hydrogen-bond acceptors (Lipinski definition) is 3. The second kappa shape index (κ2) is 7.80. The fourth-order valence-electron chi connectivity index (χ4n) is 2.74. The zero-order valence-electron chi connectivity index (χ0n) is 13.2. The Labute approximate surface area is 152 Å². The van der Waals surface area contributed by atoms with Crippen LogP contribution in [-0.2, 0) is 10.0 Å². The van der Waals surface area contributed by atoms with E-state index in [1.165, 1.54) is 10.5 Å². The van der Waals surface area contributed by atoms with Gasteiger partial charge in [0, 0.05) is 0 Å². The van der Waals surface area contributed by atoms with Gasteiger partial charge in [0.15, 0.2) is 0 Å². The molecule has 24 heavy (non-hydrogen) atoms. The Morgan fingerprint density at radius 1 is 1.12 bits per heavy atom. The topological polar surface area (TPSA) is 41.8 Å². The number of quaternary nitrogens is 1. The van der Waals surface area contributed by atoms with Crippen molar-refractivity contribution >= 4 is 39.0 Å². The molecule has 1 aliphatic heterocycles. The lowest BCUT2D eigenvalue weighted by atomic mass is 10.2. The Kier molecular flexibility index (Phi) is 5.73. The molecule has 1 fully saturated rings. The van der Waals surface area contributed by atoms with Crippen molar-refractivity contribution in [1.82, 2.24) is 4.31 Å². The Hall–Kier alpha value is -1.18. The zero-order valence-corrected chi connectivity index (χ0v) is 15.6. The van der Waals surface area contributed by atoms with Gasteiger partial charge >= 0.3 is 0 Å². The molecule has 0 bridgehead atoms. The molecule has 3 rings (SSSR count). The van der Waals surface area contributed by atoms with Crippen LogP contribution < -0.4 is 4.90 Å². The predicted octanol–water partition coefficient (Wildman–Crippen LogP) is 2.00. The van der Waals surface area contributed by atoms with E-state index in [4.69, 9.17) is 11.6 Å². The second-order valence-corrected chi connectivity index (χ2v) is 9.61. The van der Waals surface area contributed by atoms with Crippen molar-refractivity contribution in [2.75, 3.05) is 32.7 Å². The smallest absolute Gasteiger partial charge is 0.253 e. The average Bonchev–Trinajstić information content (AvgIpc) is 3.04. The van der Waals surface area contributed by atoms with E-state index >= 15 is 0 Å². The molecule has 1 aromatic carbocycles. The van der Waals surface area contributed by atoms with Crippen LogP contribution in [0, 0.1) is 0 Å². The highest BCUT2D eigenvalue weighted by Gasteiger charge is 2.30. The van der Waals surface area contributed by atoms with E-state index in [0.29, 0.717) is 21.6 Å². The van der Waals surface area contributed by atoms with E-state index in [0.717, 1.165) is 31.0 Å². The van der Waals surface area contributed by atoms with Crippen LogP contribution in [-0.4, -0.2) is 45.4 Å². The molecule has 2 heterocycles. The molecule has 0 saturated carbocycles. The van der Waals surface area contributed by atoms with Gasteiger partial charge in [0.05, 0.1) is 37.1 Å². The van der Waals surface area contributed by atoms with Crippen molar-refractivity contribution in [3.05, 3.63) is 58.4 Å². The van der Waals surface area contributed by atoms with Crippen LogP contribution in [0.25, 0.3) is 6.08 Å². The summed E-state index contributed by atoms with van der Waals surface area (Å²) in [6.07, 6.45) is 4.28. The van der Waals surface area contributed by atoms with Crippen molar-refractivity contribution in [3.63, 3.8) is 0 Å². The third-order valence-electron chi connectivity index (χ3n) is 4.09. The molecule has 1 aromatic heterocycles. The second-order valence-electron chi connectivity index (χ2n) is 5.73. The maximum absolute atomic E-state index is 12.6. The summed E-state index contributed by atoms with van der Waals surface area (Å²) in [6, 6.07) is 13.4. The average molecular weight is 384 g/mol. The van der Waals surface area contributed by atoms with E-state index in [1.807, 2.05) is 18.2 Å². The molecule has 128 valence electrons. The Morgan fingerprint density at radius 2 is 1.83 bits per heavy atom. The van der Waals surface area contributed by atoms with Crippen LogP contribution >= 0.6 is 22.9 Å². The van der Waals surface area contributed by atoms with Gasteiger partial charge in [-0.25, -0.2) is 8.42 Å². The molecular weight excluding hydrogens is 364 g/mol. The third kappa shape index (κ3) is 4.26. The molecular formula is C17H20ClN2O2S2+. The summed E-state index contributed by atoms with van der Waals surface area (Å²) < 4.78 is 27.5. The van der Waals surface area contributed by atoms with E-state index in [2.05, 4.69) is 24.3 Å². The van der Waals surface area contributed by atoms with Crippen LogP contribution in [0.2, 0.25) is 4.34 Å². The number of halogens is 1. The summed E-state index contributed by atoms with van der Waals surface area (Å²) >= 11 is 6.98. The number of hydrogen-bond donors (Lipinski definition) is 1. The van der Waals surface area contributed by atoms with Crippen LogP contribution in [0.5, 0.6) is 0 Å². The largest absolute Gasteiger partial charge is 0.329 e. The maximum Gasteiger partial charge on any atom is 0.253 e. The summed E-state index contributed by atoms with van der Waals surface area (Å²) in [7, 11) is -3.39. The van der Waals surface area contributed by atoms with Gasteiger partial charge in [-0.2, -0.15) is 4.31 Å². The van der Waals surface area contributed by atoms with Gasteiger partial charge in [0.1, 0.15) is 4.21 Å². The number of benzene rings is 1. The van der Waals surface area contributed by atoms with Gasteiger partial charge in [-0.15, -0.1) is 11.3 Å². The van der Waals surface area contributed by atoms with Gasteiger partial charge in [0.2, 0.25) is 0 Å². The third-order valence-corrected chi connectivity index (χ3v) is 7.69. The van der Waals surface area contributed by atoms with Crippen molar-refractivity contribution in [2.45, 2.75) is 4.21 Å². The van der Waals surface area contributed by atoms with Crippen LogP contribution in [0.3, 0.4) is 0 Å². The van der Waals surface area contributed by atoms with E-state index in [9.17, 15) is 8.42 Å². The molecule has 0 atom stereocenters. The van der Waals surface area contributed by atoms with Gasteiger partial charge < -0.3 is 4.90 Å². The molecule has 1 saturated heterocycles.